The van der Waals surface area contributed by atoms with Crippen LogP contribution in [0.25, 0.3) is 0 Å². The van der Waals surface area contributed by atoms with E-state index in [1.807, 2.05) is 32.2 Å². The van der Waals surface area contributed by atoms with Gasteiger partial charge in [-0.05, 0) is 50.6 Å². The molecule has 0 spiro atoms. The predicted octanol–water partition coefficient (Wildman–Crippen LogP) is 6.48. The standard InChI is InChI=1S/C27H41N3O/c1-9-12-14-26-24(15-16-28-8)25(27(31)20(4)5)19-30(26)22(7)17-29-18-23(13-10-2)21(6)11-3/h11,14-16,18,20,22H,3,8-10,12-13,17,19H2,1-2,4-7H3/b16-15-,23-21-,26-14+,29-18?. The molecule has 0 bridgehead atoms. The smallest absolute Gasteiger partial charge is 0.163 e. The average Bonchev–Trinajstić information content (AvgIpc) is 3.12. The van der Waals surface area contributed by atoms with Crippen molar-refractivity contribution < 1.29 is 4.79 Å². The van der Waals surface area contributed by atoms with Crippen LogP contribution in [0.3, 0.4) is 0 Å². The molecule has 0 aliphatic carbocycles. The number of unbranched alkanes of at least 4 members (excludes halogenated alkanes) is 1. The lowest BCUT2D eigenvalue weighted by Crippen LogP contribution is -2.33. The van der Waals surface area contributed by atoms with E-state index >= 15 is 0 Å². The quantitative estimate of drug-likeness (QED) is 0.251. The summed E-state index contributed by atoms with van der Waals surface area (Å²) in [6.45, 7) is 21.2. The molecule has 0 N–H and O–H groups in total. The highest BCUT2D eigenvalue weighted by atomic mass is 16.1. The molecule has 31 heavy (non-hydrogen) atoms. The van der Waals surface area contributed by atoms with E-state index in [2.05, 4.69) is 57.0 Å². The molecule has 0 amide bonds. The maximum atomic E-state index is 13.0. The Morgan fingerprint density at radius 3 is 2.48 bits per heavy atom. The van der Waals surface area contributed by atoms with Crippen LogP contribution in [-0.4, -0.2) is 42.7 Å². The van der Waals surface area contributed by atoms with Gasteiger partial charge in [-0.15, -0.1) is 0 Å². The summed E-state index contributed by atoms with van der Waals surface area (Å²) in [6, 6.07) is 0.170. The van der Waals surface area contributed by atoms with Crippen LogP contribution in [0, 0.1) is 5.92 Å². The molecule has 1 unspecified atom stereocenters. The number of aliphatic imine (C=N–C) groups is 2. The Kier molecular flexibility index (Phi) is 11.8. The zero-order chi connectivity index (χ0) is 23.4. The van der Waals surface area contributed by atoms with Gasteiger partial charge in [-0.3, -0.25) is 14.8 Å². The summed E-state index contributed by atoms with van der Waals surface area (Å²) in [5.74, 6) is 0.151. The van der Waals surface area contributed by atoms with E-state index in [9.17, 15) is 4.79 Å². The highest BCUT2D eigenvalue weighted by molar-refractivity contribution is 6.00. The number of Topliss-reactive ketones (excluding diaryl/α,β-unsaturated/α-hetero) is 1. The molecule has 0 aromatic heterocycles. The van der Waals surface area contributed by atoms with Crippen molar-refractivity contribution in [2.24, 2.45) is 15.9 Å². The molecule has 0 fully saturated rings. The molecule has 4 heteroatoms. The largest absolute Gasteiger partial charge is 0.362 e. The molecule has 1 atom stereocenters. The highest BCUT2D eigenvalue weighted by Crippen LogP contribution is 2.33. The van der Waals surface area contributed by atoms with E-state index in [1.54, 1.807) is 6.20 Å². The Hall–Kier alpha value is -2.49. The fourth-order valence-corrected chi connectivity index (χ4v) is 3.60. The van der Waals surface area contributed by atoms with Crippen LogP contribution in [0.4, 0.5) is 0 Å². The summed E-state index contributed by atoms with van der Waals surface area (Å²) in [6.07, 6.45) is 13.8. The van der Waals surface area contributed by atoms with Crippen molar-refractivity contribution in [1.82, 2.24) is 4.90 Å². The first-order chi connectivity index (χ1) is 14.8. The van der Waals surface area contributed by atoms with Crippen molar-refractivity contribution in [3.8, 4) is 0 Å². The van der Waals surface area contributed by atoms with Gasteiger partial charge >= 0.3 is 0 Å². The monoisotopic (exact) mass is 423 g/mol. The lowest BCUT2D eigenvalue weighted by Gasteiger charge is -2.28. The van der Waals surface area contributed by atoms with Gasteiger partial charge < -0.3 is 4.90 Å². The van der Waals surface area contributed by atoms with Crippen LogP contribution in [0.2, 0.25) is 0 Å². The minimum absolute atomic E-state index is 0.0422. The van der Waals surface area contributed by atoms with Gasteiger partial charge in [-0.1, -0.05) is 59.3 Å². The number of carbonyl (C=O) groups excluding carboxylic acids is 1. The molecular weight excluding hydrogens is 382 g/mol. The number of nitrogens with zero attached hydrogens (tertiary/aromatic N) is 3. The van der Waals surface area contributed by atoms with Crippen LogP contribution in [0.15, 0.2) is 69.0 Å². The van der Waals surface area contributed by atoms with Crippen molar-refractivity contribution in [1.29, 1.82) is 0 Å². The molecule has 170 valence electrons. The maximum Gasteiger partial charge on any atom is 0.163 e. The Labute approximate surface area is 189 Å². The van der Waals surface area contributed by atoms with Gasteiger partial charge in [0.15, 0.2) is 5.78 Å². The number of allylic oxidation sites excluding steroid dienone is 5. The molecule has 0 aromatic rings. The number of ketones is 1. The maximum absolute atomic E-state index is 13.0. The molecule has 1 heterocycles. The highest BCUT2D eigenvalue weighted by Gasteiger charge is 2.32. The predicted molar refractivity (Wildman–Crippen MR) is 136 cm³/mol. The summed E-state index contributed by atoms with van der Waals surface area (Å²) in [5, 5.41) is 0. The van der Waals surface area contributed by atoms with Crippen LogP contribution in [0.1, 0.15) is 67.2 Å². The molecule has 0 saturated carbocycles. The summed E-state index contributed by atoms with van der Waals surface area (Å²) < 4.78 is 0. The summed E-state index contributed by atoms with van der Waals surface area (Å²) >= 11 is 0. The number of rotatable bonds is 13. The van der Waals surface area contributed by atoms with Crippen molar-refractivity contribution in [3.63, 3.8) is 0 Å². The zero-order valence-corrected chi connectivity index (χ0v) is 20.4. The van der Waals surface area contributed by atoms with Gasteiger partial charge in [0.1, 0.15) is 0 Å². The van der Waals surface area contributed by atoms with E-state index in [-0.39, 0.29) is 17.7 Å². The third-order valence-electron chi connectivity index (χ3n) is 5.51. The Morgan fingerprint density at radius 2 is 1.94 bits per heavy atom. The second-order valence-corrected chi connectivity index (χ2v) is 8.42. The topological polar surface area (TPSA) is 45.0 Å². The average molecular weight is 424 g/mol. The number of carbonyl (C=O) groups is 1. The summed E-state index contributed by atoms with van der Waals surface area (Å²) in [7, 11) is 0. The minimum Gasteiger partial charge on any atom is -0.362 e. The van der Waals surface area contributed by atoms with Crippen molar-refractivity contribution >= 4 is 18.7 Å². The molecule has 0 saturated heterocycles. The van der Waals surface area contributed by atoms with Crippen molar-refractivity contribution in [2.75, 3.05) is 13.1 Å². The van der Waals surface area contributed by atoms with E-state index in [1.165, 1.54) is 11.1 Å². The Morgan fingerprint density at radius 1 is 1.23 bits per heavy atom. The lowest BCUT2D eigenvalue weighted by atomic mass is 9.97. The Bertz CT molecular complexity index is 793. The van der Waals surface area contributed by atoms with Crippen molar-refractivity contribution in [2.45, 2.75) is 73.3 Å². The minimum atomic E-state index is -0.0422. The van der Waals surface area contributed by atoms with Gasteiger partial charge in [0.05, 0.1) is 6.54 Å². The Balaban J connectivity index is 3.21. The number of hydrogen-bond acceptors (Lipinski definition) is 4. The molecule has 1 rings (SSSR count). The van der Waals surface area contributed by atoms with Gasteiger partial charge in [0, 0.05) is 47.8 Å². The number of hydrogen-bond donors (Lipinski definition) is 0. The van der Waals surface area contributed by atoms with Crippen LogP contribution < -0.4 is 0 Å². The molecule has 4 nitrogen and oxygen atoms in total. The van der Waals surface area contributed by atoms with E-state index in [0.717, 1.165) is 42.5 Å². The normalized spacial score (nSPS) is 17.9. The third kappa shape index (κ3) is 7.61. The second-order valence-electron chi connectivity index (χ2n) is 8.42. The first-order valence-corrected chi connectivity index (χ1v) is 11.5. The first-order valence-electron chi connectivity index (χ1n) is 11.5. The summed E-state index contributed by atoms with van der Waals surface area (Å²) in [4.78, 5) is 23.9. The second kappa shape index (κ2) is 13.7. The van der Waals surface area contributed by atoms with E-state index < -0.39 is 0 Å². The SMILES string of the molecule is C=C/C(C)=C(\C=NCC(C)N1CC(C(=O)C(C)C)=C(/C=C\N=C)/C1=C\CCC)CCC. The van der Waals surface area contributed by atoms with Crippen LogP contribution in [0.5, 0.6) is 0 Å². The fourth-order valence-electron chi connectivity index (χ4n) is 3.60. The van der Waals surface area contributed by atoms with Gasteiger partial charge in [-0.25, -0.2) is 0 Å². The zero-order valence-electron chi connectivity index (χ0n) is 20.4. The van der Waals surface area contributed by atoms with Crippen molar-refractivity contribution in [3.05, 3.63) is 59.0 Å². The first kappa shape index (κ1) is 26.5. The van der Waals surface area contributed by atoms with Crippen LogP contribution in [-0.2, 0) is 4.79 Å². The fraction of sp³-hybridized carbons (Fsp3) is 0.519. The molecule has 1 aliphatic rings. The molecular formula is C27H41N3O. The lowest BCUT2D eigenvalue weighted by molar-refractivity contribution is -0.118. The molecule has 0 radical (unpaired) electrons. The third-order valence-corrected chi connectivity index (χ3v) is 5.51. The van der Waals surface area contributed by atoms with E-state index in [4.69, 9.17) is 4.99 Å². The molecule has 0 aromatic carbocycles. The van der Waals surface area contributed by atoms with Gasteiger partial charge in [0.25, 0.3) is 0 Å². The molecule has 1 aliphatic heterocycles. The summed E-state index contributed by atoms with van der Waals surface area (Å²) in [5.41, 5.74) is 5.37. The van der Waals surface area contributed by atoms with E-state index in [0.29, 0.717) is 13.1 Å². The van der Waals surface area contributed by atoms with Gasteiger partial charge in [-0.2, -0.15) is 0 Å². The van der Waals surface area contributed by atoms with Crippen LogP contribution >= 0.6 is 0 Å². The van der Waals surface area contributed by atoms with Gasteiger partial charge in [0.2, 0.25) is 0 Å².